The van der Waals surface area contributed by atoms with E-state index in [1.807, 2.05) is 116 Å². The number of hydrogen-bond acceptors (Lipinski definition) is 21. The Morgan fingerprint density at radius 2 is 0.846 bits per heavy atom. The Morgan fingerprint density at radius 1 is 0.470 bits per heavy atom. The summed E-state index contributed by atoms with van der Waals surface area (Å²) in [5.74, 6) is 7.72. The summed E-state index contributed by atoms with van der Waals surface area (Å²) in [5, 5.41) is 37.6. The summed E-state index contributed by atoms with van der Waals surface area (Å²) >= 11 is 0. The lowest BCUT2D eigenvalue weighted by Gasteiger charge is -2.59. The molecule has 3 aromatic rings. The second-order valence-electron chi connectivity index (χ2n) is 47.5. The zero-order valence-electron chi connectivity index (χ0n) is 93.4. The van der Waals surface area contributed by atoms with E-state index in [0.717, 1.165) is 189 Å². The highest BCUT2D eigenvalue weighted by molar-refractivity contribution is 7.86. The van der Waals surface area contributed by atoms with Gasteiger partial charge in [0.1, 0.15) is 34.4 Å². The van der Waals surface area contributed by atoms with Gasteiger partial charge in [-0.05, 0) is 363 Å². The molecule has 3 aromatic carbocycles. The first-order valence-corrected chi connectivity index (χ1v) is 59.0. The minimum Gasteiger partial charge on any atom is -0.508 e. The molecule has 19 rings (SSSR count). The number of aliphatic hydroxyl groups is 3. The average Bonchev–Trinajstić information content (AvgIpc) is 1.55. The first kappa shape index (κ1) is 137. The highest BCUT2D eigenvalue weighted by Crippen LogP contribution is 2.65. The number of ketones is 1. The van der Waals surface area contributed by atoms with Gasteiger partial charge in [0.15, 0.2) is 5.60 Å². The quantitative estimate of drug-likeness (QED) is 0.0156. The lowest BCUT2D eigenvalue weighted by atomic mass is 9.52. The molecule has 0 aromatic heterocycles. The molecule has 16 aliphatic carbocycles. The van der Waals surface area contributed by atoms with E-state index in [0.29, 0.717) is 74.7 Å². The topological polar surface area (TPSA) is 365 Å². The Bertz CT molecular complexity index is 4580. The molecule has 16 fully saturated rings. The smallest absolute Gasteiger partial charge is 0.416 e. The van der Waals surface area contributed by atoms with Gasteiger partial charge in [0.05, 0.1) is 76.5 Å². The van der Waals surface area contributed by atoms with Crippen LogP contribution in [-0.2, 0) is 82.2 Å². The molecule has 858 valence electrons. The number of esters is 6. The summed E-state index contributed by atoms with van der Waals surface area (Å²) in [4.78, 5) is 81.6. The summed E-state index contributed by atoms with van der Waals surface area (Å²) in [5.41, 5.74) is -1.02. The fourth-order valence-electron chi connectivity index (χ4n) is 25.1. The monoisotopic (exact) mass is 2150 g/mol. The molecule has 0 aliphatic heterocycles. The Morgan fingerprint density at radius 3 is 1.17 bits per heavy atom. The molecule has 18 unspecified atom stereocenters. The fourth-order valence-corrected chi connectivity index (χ4v) is 26.8. The van der Waals surface area contributed by atoms with E-state index in [2.05, 4.69) is 78.8 Å². The summed E-state index contributed by atoms with van der Waals surface area (Å²) < 4.78 is 132. The molecule has 0 spiro atoms. The Labute approximate surface area is 898 Å². The van der Waals surface area contributed by atoms with Crippen molar-refractivity contribution in [2.45, 2.75) is 483 Å². The van der Waals surface area contributed by atoms with Gasteiger partial charge in [-0.15, -0.1) is 0 Å². The third kappa shape index (κ3) is 40.9. The number of halogens is 3. The van der Waals surface area contributed by atoms with Crippen molar-refractivity contribution >= 4 is 61.8 Å². The van der Waals surface area contributed by atoms with E-state index in [1.165, 1.54) is 74.6 Å². The van der Waals surface area contributed by atoms with Gasteiger partial charge in [0.2, 0.25) is 0 Å². The van der Waals surface area contributed by atoms with E-state index in [1.54, 1.807) is 31.2 Å². The molecule has 6 N–H and O–H groups in total. The Balaban J connectivity index is 0.000000427. The molecule has 149 heavy (non-hydrogen) atoms. The predicted octanol–water partition coefficient (Wildman–Crippen LogP) is 28.7. The van der Waals surface area contributed by atoms with Gasteiger partial charge in [0.25, 0.3) is 20.2 Å². The number of rotatable bonds is 30. The number of Topliss-reactive ketones (excluding diaryl/α,β-unsaturated/α-hetero) is 1. The van der Waals surface area contributed by atoms with Crippen LogP contribution in [0.15, 0.2) is 83.8 Å². The van der Waals surface area contributed by atoms with Gasteiger partial charge < -0.3 is 48.8 Å². The molecule has 0 amide bonds. The van der Waals surface area contributed by atoms with Crippen molar-refractivity contribution in [1.82, 2.24) is 0 Å². The first-order chi connectivity index (χ1) is 68.2. The van der Waals surface area contributed by atoms with Crippen molar-refractivity contribution in [3.8, 4) is 5.75 Å². The number of ether oxygens (including phenoxy) is 6. The maximum absolute atomic E-state index is 12.8. The number of phenols is 1. The summed E-state index contributed by atoms with van der Waals surface area (Å²) in [6, 6.07) is 24.1. The number of benzene rings is 3. The normalized spacial score (nSPS) is 29.9. The van der Waals surface area contributed by atoms with Crippen molar-refractivity contribution < 1.29 is 122 Å². The zero-order valence-corrected chi connectivity index (χ0v) is 95.0. The zero-order chi connectivity index (χ0) is 110. The molecule has 16 bridgehead atoms. The van der Waals surface area contributed by atoms with Crippen molar-refractivity contribution in [2.24, 2.45) is 117 Å². The van der Waals surface area contributed by atoms with Crippen LogP contribution < -0.4 is 0 Å². The summed E-state index contributed by atoms with van der Waals surface area (Å²) in [7, 11) is -8.10. The van der Waals surface area contributed by atoms with Crippen LogP contribution in [0.1, 0.15) is 441 Å². The number of aromatic hydroxyl groups is 1. The molecule has 0 heterocycles. The molecule has 0 saturated heterocycles. The van der Waals surface area contributed by atoms with E-state index < -0.39 is 48.8 Å². The number of aryl methyl sites for hydroxylation is 1. The summed E-state index contributed by atoms with van der Waals surface area (Å²) in [6.45, 7) is 47.6. The molecule has 18 atom stereocenters. The predicted molar refractivity (Wildman–Crippen MR) is 587 cm³/mol. The lowest BCUT2D eigenvalue weighted by Crippen LogP contribution is -2.60. The van der Waals surface area contributed by atoms with Crippen LogP contribution in [0.5, 0.6) is 5.75 Å². The second-order valence-corrected chi connectivity index (χ2v) is 50.3. The van der Waals surface area contributed by atoms with E-state index >= 15 is 0 Å². The van der Waals surface area contributed by atoms with Crippen LogP contribution in [0.3, 0.4) is 0 Å². The van der Waals surface area contributed by atoms with E-state index in [9.17, 15) is 73.8 Å². The molecule has 0 radical (unpaired) electrons. The minimum atomic E-state index is -4.60. The van der Waals surface area contributed by atoms with Crippen LogP contribution in [0, 0.1) is 124 Å². The number of unbranched alkanes of at least 4 members (excludes halogenated alkanes) is 1. The number of carbonyl (C=O) groups is 7. The van der Waals surface area contributed by atoms with Gasteiger partial charge >= 0.3 is 42.0 Å². The van der Waals surface area contributed by atoms with E-state index in [-0.39, 0.29) is 169 Å². The second kappa shape index (κ2) is 61.2. The Hall–Kier alpha value is -6.56. The first-order valence-electron chi connectivity index (χ1n) is 55.9. The van der Waals surface area contributed by atoms with Gasteiger partial charge in [-0.25, -0.2) is 0 Å². The number of alkyl halides is 3. The lowest BCUT2D eigenvalue weighted by molar-refractivity contribution is -0.259. The van der Waals surface area contributed by atoms with Gasteiger partial charge in [-0.1, -0.05) is 227 Å². The maximum atomic E-state index is 12.8. The summed E-state index contributed by atoms with van der Waals surface area (Å²) in [6.07, 6.45) is 30.3. The number of phenolic OH excluding ortho intramolecular Hbond substituents is 1. The fraction of sp³-hybridized carbons (Fsp3) is 0.793. The van der Waals surface area contributed by atoms with Crippen LogP contribution in [0.25, 0.3) is 0 Å². The van der Waals surface area contributed by atoms with Gasteiger partial charge in [0, 0.05) is 12.8 Å². The third-order valence-electron chi connectivity index (χ3n) is 35.0. The highest BCUT2D eigenvalue weighted by atomic mass is 32.2. The number of hydrogen-bond donors (Lipinski definition) is 6. The van der Waals surface area contributed by atoms with Crippen molar-refractivity contribution in [3.63, 3.8) is 0 Å². The molecule has 16 aliphatic rings. The Kier molecular flexibility index (Phi) is 56.1. The largest absolute Gasteiger partial charge is 0.508 e. The maximum Gasteiger partial charge on any atom is 0.416 e. The van der Waals surface area contributed by atoms with Crippen LogP contribution in [0.4, 0.5) is 13.2 Å². The number of fused-ring (bicyclic) bond motifs is 4. The van der Waals surface area contributed by atoms with Crippen molar-refractivity contribution in [3.05, 3.63) is 95.6 Å². The van der Waals surface area contributed by atoms with Crippen molar-refractivity contribution in [2.75, 3.05) is 19.0 Å². The van der Waals surface area contributed by atoms with Gasteiger partial charge in [-0.2, -0.15) is 30.0 Å². The number of aliphatic hydroxyl groups excluding tert-OH is 1. The highest BCUT2D eigenvalue weighted by Gasteiger charge is 2.66. The number of carbonyl (C=O) groups excluding carboxylic acids is 7. The SMILES string of the molecule is C.C.C.CC1(C)C2CCC1(CS(=O)(=O)O)C(=O)C2.CCC(C)C(=O)OC12CC3CC(CC(C3)C1)C2.CCC(C)C(=O)OC12CC3CC(CC(C3)C1)C2.CCC(C)C(=O)OC12CC3CC(CC(O)(C3)C1)C2.CCC(C)C(=O)OC1CC2CC1CC2CC(C)(O)C(F)(F)F.CCC(C)O.CCC(C)c1ccc(O)cc1.CCC(C)c1ccccc1.CCCCOC(=O)C(C)CC.CCOC(=O)C(C)CC.Cc1ccc(S(=O)(=O)O)cc1. The third-order valence-corrected chi connectivity index (χ3v) is 36.7. The van der Waals surface area contributed by atoms with Crippen LogP contribution in [0.2, 0.25) is 0 Å². The van der Waals surface area contributed by atoms with E-state index in [4.69, 9.17) is 47.7 Å². The van der Waals surface area contributed by atoms with Crippen LogP contribution in [-0.4, -0.2) is 153 Å². The molecular formula is C121H203F3O23S2. The molecule has 23 nitrogen and oxygen atoms in total. The standard InChI is InChI=1S/C16H25F3O3.C15H24O3.2C15H24O2.C10H16O4S.C10H14O.C10H14.C9H18O2.C7H8O3S.C7H14O2.C4H10O.3CH4/c1-4-9(2)14(20)22-13-7-10-5-11(13)6-12(10)8-15(3,21)16(17,18)19;1-3-10(2)13(16)18-15-7-11-4-12(8-15)6-14(17,5-11)9-15;2*1-3-10(2)14(16)17-15-7-11-4-12(8-15)6-13(5-11)9-15;1-9(2)7-3-4-10(9,8(11)5-7)6-15(12,13)14;1-3-8(2)9-4-6-10(11)7-5-9;1-3-9(2)10-7-5-4-6-8-10;1-4-6-7-11-9(10)8(3)5-2;1-6-2-4-7(5-3-6)11(8,9)10;1-4-6(3)7(8)9-5-2;1-3-4(2)5;;;/h9-13,21H,4-8H2,1-3H3;10-12,17H,3-9H2,1-2H3;2*10-13H,3-9H2,1-2H3;7H,3-6H2,1-2H3,(H,12,13,14);4-8,11H,3H2,1-2H3;4-9H,3H2,1-2H3;8H,4-7H2,1-3H3;2-5H,1H3,(H,8,9,10);6H,4-5H2,1-3H3;4-5H,3H2,1-2H3;3*1H4. The van der Waals surface area contributed by atoms with Crippen LogP contribution >= 0.6 is 0 Å². The van der Waals surface area contributed by atoms with Gasteiger partial charge in [-0.3, -0.25) is 42.7 Å². The minimum absolute atomic E-state index is 0. The molecule has 16 saturated carbocycles. The van der Waals surface area contributed by atoms with Crippen molar-refractivity contribution in [1.29, 1.82) is 0 Å². The molecule has 28 heteroatoms. The average molecular weight is 2150 g/mol. The molecular weight excluding hydrogens is 1940 g/mol.